The Morgan fingerprint density at radius 1 is 0.746 bits per heavy atom. The number of hydrogen-bond acceptors (Lipinski definition) is 19. The number of allylic oxidation sites excluding steroid dienone is 1. The van der Waals surface area contributed by atoms with Gasteiger partial charge in [-0.3, -0.25) is 9.59 Å². The van der Waals surface area contributed by atoms with Gasteiger partial charge in [0.25, 0.3) is 0 Å². The van der Waals surface area contributed by atoms with Gasteiger partial charge in [-0.2, -0.15) is 0 Å². The van der Waals surface area contributed by atoms with Crippen molar-refractivity contribution in [2.24, 2.45) is 46.3 Å². The number of rotatable bonds is 14. The molecule has 3 heterocycles. The van der Waals surface area contributed by atoms with Gasteiger partial charge in [0.2, 0.25) is 0 Å². The average Bonchev–Trinajstić information content (AvgIpc) is 3.54. The van der Waals surface area contributed by atoms with E-state index in [9.17, 15) is 65.8 Å². The maximum atomic E-state index is 14.0. The van der Waals surface area contributed by atoms with Crippen molar-refractivity contribution in [1.29, 1.82) is 0 Å². The standard InChI is InChI=1S/C44H70O19/c1-18(17-58-40-36(55)32(51)30(49)27(15-45)60-40)5-8-25(47)19(2)29-26(48)14-24-22-7-6-20-13-21(9-11-43(20,3)23(22)10-12-44(24,29)4)59-42-38(34(53)31(50)28(16-46)61-42)62-41-37(56)33(52)35(54)39(57)63-41/h6,18-19,21-24,27-42,45-46,49-57H,5,7-17H2,1-4H3/t18-,19-,21?,22-,23+,24+,27?,28?,29+,30-,31-,32+,33+,34+,35-,36?,37?,38?,39?,40-,41-,42-,43+,44+/m1/s1. The summed E-state index contributed by atoms with van der Waals surface area (Å²) in [6.07, 6.45) is -16.2. The highest BCUT2D eigenvalue weighted by Crippen LogP contribution is 2.66. The normalized spacial score (nSPS) is 49.9. The maximum absolute atomic E-state index is 14.0. The highest BCUT2D eigenvalue weighted by molar-refractivity contribution is 5.92. The van der Waals surface area contributed by atoms with E-state index in [0.29, 0.717) is 25.7 Å². The van der Waals surface area contributed by atoms with Crippen LogP contribution in [0, 0.1) is 46.3 Å². The third kappa shape index (κ3) is 9.23. The van der Waals surface area contributed by atoms with Crippen LogP contribution in [0.3, 0.4) is 0 Å². The summed E-state index contributed by atoms with van der Waals surface area (Å²) in [5.74, 6) is -0.258. The van der Waals surface area contributed by atoms with Crippen LogP contribution >= 0.6 is 0 Å². The Morgan fingerprint density at radius 3 is 2.06 bits per heavy atom. The zero-order chi connectivity index (χ0) is 45.9. The van der Waals surface area contributed by atoms with E-state index < -0.39 is 123 Å². The lowest BCUT2D eigenvalue weighted by atomic mass is 9.47. The summed E-state index contributed by atoms with van der Waals surface area (Å²) < 4.78 is 34.4. The van der Waals surface area contributed by atoms with E-state index in [1.54, 1.807) is 0 Å². The number of aliphatic hydroxyl groups excluding tert-OH is 11. The molecular formula is C44H70O19. The van der Waals surface area contributed by atoms with Gasteiger partial charge in [0, 0.05) is 24.7 Å². The molecule has 3 saturated heterocycles. The summed E-state index contributed by atoms with van der Waals surface area (Å²) in [6, 6.07) is 0. The lowest BCUT2D eigenvalue weighted by molar-refractivity contribution is -0.388. The van der Waals surface area contributed by atoms with Gasteiger partial charge in [0.1, 0.15) is 78.7 Å². The summed E-state index contributed by atoms with van der Waals surface area (Å²) in [6.45, 7) is 7.11. The van der Waals surface area contributed by atoms with E-state index in [1.165, 1.54) is 5.57 Å². The summed E-state index contributed by atoms with van der Waals surface area (Å²) in [4.78, 5) is 27.8. The van der Waals surface area contributed by atoms with Crippen molar-refractivity contribution < 1.29 is 94.2 Å². The second-order valence-electron chi connectivity index (χ2n) is 20.1. The molecule has 4 aliphatic carbocycles. The molecule has 7 unspecified atom stereocenters. The molecule has 19 nitrogen and oxygen atoms in total. The van der Waals surface area contributed by atoms with Gasteiger partial charge in [-0.15, -0.1) is 0 Å². The van der Waals surface area contributed by atoms with Gasteiger partial charge in [0.05, 0.1) is 25.9 Å². The van der Waals surface area contributed by atoms with E-state index in [-0.39, 0.29) is 59.1 Å². The number of ether oxygens (including phenoxy) is 6. The first-order valence-corrected chi connectivity index (χ1v) is 22.7. The molecule has 3 aliphatic heterocycles. The molecule has 360 valence electrons. The molecule has 11 N–H and O–H groups in total. The fourth-order valence-corrected chi connectivity index (χ4v) is 12.4. The summed E-state index contributed by atoms with van der Waals surface area (Å²) >= 11 is 0. The third-order valence-corrected chi connectivity index (χ3v) is 16.2. The quantitative estimate of drug-likeness (QED) is 0.0853. The summed E-state index contributed by atoms with van der Waals surface area (Å²) in [7, 11) is 0. The predicted molar refractivity (Wildman–Crippen MR) is 214 cm³/mol. The molecule has 7 aliphatic rings. The molecule has 0 bridgehead atoms. The maximum Gasteiger partial charge on any atom is 0.189 e. The molecule has 0 aromatic heterocycles. The van der Waals surface area contributed by atoms with Crippen LogP contribution in [0.4, 0.5) is 0 Å². The van der Waals surface area contributed by atoms with Crippen LogP contribution in [0.25, 0.3) is 0 Å². The molecular weight excluding hydrogens is 832 g/mol. The molecule has 0 aromatic carbocycles. The zero-order valence-electron chi connectivity index (χ0n) is 36.4. The number of carbonyl (C=O) groups excluding carboxylic acids is 2. The summed E-state index contributed by atoms with van der Waals surface area (Å²) in [5, 5.41) is 112. The van der Waals surface area contributed by atoms with Crippen LogP contribution in [0.15, 0.2) is 11.6 Å². The Bertz CT molecular complexity index is 1630. The van der Waals surface area contributed by atoms with E-state index >= 15 is 0 Å². The SMILES string of the molecule is C[C@H](CCC(=O)[C@@H](C)[C@H]1C(=O)C[C@H]2[C@@H]3CC=C4CC(O[C@@H]5OC(CO)[C@@H](O)[C@H](O)C5O[C@@H]5OC(O)[C@H](O)[C@H](O)C5O)CC[C@]4(C)[C@H]3CC[C@]12C)CO[C@@H]1OC(CO)[C@@H](O)[C@H](O)C1O. The number of aliphatic hydroxyl groups is 11. The minimum Gasteiger partial charge on any atom is -0.394 e. The Balaban J connectivity index is 0.964. The summed E-state index contributed by atoms with van der Waals surface area (Å²) in [5.41, 5.74) is 0.659. The van der Waals surface area contributed by atoms with Crippen LogP contribution in [-0.2, 0) is 38.0 Å². The Kier molecular flexibility index (Phi) is 15.3. The van der Waals surface area contributed by atoms with Gasteiger partial charge in [-0.1, -0.05) is 39.3 Å². The molecule has 0 aromatic rings. The van der Waals surface area contributed by atoms with Crippen molar-refractivity contribution in [3.8, 4) is 0 Å². The topological polar surface area (TPSA) is 312 Å². The van der Waals surface area contributed by atoms with Crippen LogP contribution < -0.4 is 0 Å². The number of Topliss-reactive ketones (excluding diaryl/α,β-unsaturated/α-hetero) is 2. The molecule has 0 amide bonds. The lowest BCUT2D eigenvalue weighted by Gasteiger charge is -2.58. The number of ketones is 2. The highest BCUT2D eigenvalue weighted by atomic mass is 16.8. The third-order valence-electron chi connectivity index (χ3n) is 16.2. The minimum absolute atomic E-state index is 0.00602. The molecule has 0 spiro atoms. The average molecular weight is 903 g/mol. The number of fused-ring (bicyclic) bond motifs is 5. The van der Waals surface area contributed by atoms with Crippen molar-refractivity contribution in [3.05, 3.63) is 11.6 Å². The van der Waals surface area contributed by atoms with Crippen molar-refractivity contribution in [3.63, 3.8) is 0 Å². The minimum atomic E-state index is -1.91. The Hall–Kier alpha value is -1.60. The molecule has 24 atom stereocenters. The van der Waals surface area contributed by atoms with E-state index in [2.05, 4.69) is 19.9 Å². The fourth-order valence-electron chi connectivity index (χ4n) is 12.4. The second kappa shape index (κ2) is 19.6. The van der Waals surface area contributed by atoms with Crippen molar-refractivity contribution in [2.75, 3.05) is 19.8 Å². The zero-order valence-corrected chi connectivity index (χ0v) is 36.4. The lowest BCUT2D eigenvalue weighted by Crippen LogP contribution is -2.64. The highest BCUT2D eigenvalue weighted by Gasteiger charge is 2.63. The van der Waals surface area contributed by atoms with Crippen molar-refractivity contribution in [1.82, 2.24) is 0 Å². The monoisotopic (exact) mass is 902 g/mol. The molecule has 0 radical (unpaired) electrons. The van der Waals surface area contributed by atoms with Crippen LogP contribution in [0.5, 0.6) is 0 Å². The molecule has 19 heteroatoms. The molecule has 7 rings (SSSR count). The van der Waals surface area contributed by atoms with Gasteiger partial charge in [-0.05, 0) is 79.4 Å². The van der Waals surface area contributed by atoms with E-state index in [0.717, 1.165) is 25.7 Å². The van der Waals surface area contributed by atoms with Crippen molar-refractivity contribution in [2.45, 2.75) is 184 Å². The Labute approximate surface area is 366 Å². The van der Waals surface area contributed by atoms with Gasteiger partial charge in [-0.25, -0.2) is 0 Å². The number of carbonyl (C=O) groups is 2. The van der Waals surface area contributed by atoms with E-state index in [1.807, 2.05) is 13.8 Å². The Morgan fingerprint density at radius 2 is 1.38 bits per heavy atom. The van der Waals surface area contributed by atoms with Crippen molar-refractivity contribution >= 4 is 11.6 Å². The second-order valence-corrected chi connectivity index (χ2v) is 20.1. The van der Waals surface area contributed by atoms with Crippen LogP contribution in [-0.4, -0.2) is 186 Å². The van der Waals surface area contributed by atoms with Gasteiger partial charge < -0.3 is 84.6 Å². The first-order valence-electron chi connectivity index (χ1n) is 22.7. The van der Waals surface area contributed by atoms with Crippen LogP contribution in [0.1, 0.15) is 85.5 Å². The first kappa shape index (κ1) is 49.3. The number of hydrogen-bond donors (Lipinski definition) is 11. The molecule has 3 saturated carbocycles. The van der Waals surface area contributed by atoms with Gasteiger partial charge >= 0.3 is 0 Å². The van der Waals surface area contributed by atoms with Crippen LogP contribution in [0.2, 0.25) is 0 Å². The van der Waals surface area contributed by atoms with Gasteiger partial charge in [0.15, 0.2) is 25.2 Å². The molecule has 63 heavy (non-hydrogen) atoms. The predicted octanol–water partition coefficient (Wildman–Crippen LogP) is -1.85. The van der Waals surface area contributed by atoms with E-state index in [4.69, 9.17) is 28.4 Å². The largest absolute Gasteiger partial charge is 0.394 e. The smallest absolute Gasteiger partial charge is 0.189 e. The fraction of sp³-hybridized carbons (Fsp3) is 0.909. The molecule has 6 fully saturated rings. The first-order chi connectivity index (χ1) is 29.7.